The molecule has 3 aromatic rings. The number of para-hydroxylation sites is 1. The van der Waals surface area contributed by atoms with Crippen molar-refractivity contribution in [3.63, 3.8) is 0 Å². The second-order valence-corrected chi connectivity index (χ2v) is 7.83. The van der Waals surface area contributed by atoms with Gasteiger partial charge in [-0.1, -0.05) is 30.3 Å². The molecular weight excluding hydrogens is 404 g/mol. The number of hydrogen-bond donors (Lipinski definition) is 1. The van der Waals surface area contributed by atoms with E-state index in [2.05, 4.69) is 9.97 Å². The number of amides is 2. The first-order valence-corrected chi connectivity index (χ1v) is 10.8. The van der Waals surface area contributed by atoms with Crippen molar-refractivity contribution >= 4 is 11.8 Å². The number of carbonyl (C=O) groups is 2. The minimum Gasteiger partial charge on any atom is -0.493 e. The molecule has 0 saturated carbocycles. The van der Waals surface area contributed by atoms with Crippen LogP contribution in [-0.2, 0) is 4.79 Å². The highest BCUT2D eigenvalue weighted by atomic mass is 16.5. The number of hydrogen-bond acceptors (Lipinski definition) is 5. The highest BCUT2D eigenvalue weighted by molar-refractivity contribution is 5.94. The fourth-order valence-electron chi connectivity index (χ4n) is 4.05. The van der Waals surface area contributed by atoms with Crippen molar-refractivity contribution in [1.29, 1.82) is 0 Å². The van der Waals surface area contributed by atoms with E-state index in [0.717, 1.165) is 42.1 Å². The maximum Gasteiger partial charge on any atom is 0.248 e. The molecule has 1 aliphatic rings. The zero-order valence-corrected chi connectivity index (χ0v) is 17.8. The Labute approximate surface area is 187 Å². The van der Waals surface area contributed by atoms with E-state index in [1.54, 1.807) is 30.6 Å². The molecule has 0 spiro atoms. The molecule has 1 aromatic heterocycles. The molecule has 1 aliphatic heterocycles. The van der Waals surface area contributed by atoms with Gasteiger partial charge in [0.1, 0.15) is 5.75 Å². The molecule has 2 heterocycles. The van der Waals surface area contributed by atoms with Gasteiger partial charge in [0.25, 0.3) is 0 Å². The standard InChI is InChI=1S/C25H26N4O3/c26-25(31)19-7-4-6-18(16-19)23-24(28-13-12-27-23)20-8-5-14-29(17-20)22(30)11-15-32-21-9-2-1-3-10-21/h1-4,6-7,9-10,12-13,16,20H,5,8,11,14-15,17H2,(H2,26,31). The Hall–Kier alpha value is -3.74. The number of nitrogens with zero attached hydrogens (tertiary/aromatic N) is 3. The molecule has 7 heteroatoms. The molecule has 1 fully saturated rings. The molecule has 164 valence electrons. The van der Waals surface area contributed by atoms with E-state index >= 15 is 0 Å². The van der Waals surface area contributed by atoms with E-state index in [4.69, 9.17) is 10.5 Å². The number of benzene rings is 2. The Balaban J connectivity index is 1.45. The number of nitrogens with two attached hydrogens (primary N) is 1. The van der Waals surface area contributed by atoms with Gasteiger partial charge in [0.05, 0.1) is 24.4 Å². The summed E-state index contributed by atoms with van der Waals surface area (Å²) in [6.07, 6.45) is 5.46. The number of rotatable bonds is 7. The van der Waals surface area contributed by atoms with E-state index in [9.17, 15) is 9.59 Å². The van der Waals surface area contributed by atoms with Crippen LogP contribution in [0.25, 0.3) is 11.3 Å². The molecule has 0 radical (unpaired) electrons. The Morgan fingerprint density at radius 2 is 1.88 bits per heavy atom. The molecular formula is C25H26N4O3. The van der Waals surface area contributed by atoms with Gasteiger partial charge in [-0.2, -0.15) is 0 Å². The first-order chi connectivity index (χ1) is 15.6. The van der Waals surface area contributed by atoms with Gasteiger partial charge in [0.2, 0.25) is 11.8 Å². The van der Waals surface area contributed by atoms with Crippen LogP contribution in [0.2, 0.25) is 0 Å². The van der Waals surface area contributed by atoms with Crippen LogP contribution in [0.5, 0.6) is 5.75 Å². The lowest BCUT2D eigenvalue weighted by molar-refractivity contribution is -0.132. The van der Waals surface area contributed by atoms with Crippen LogP contribution in [0.1, 0.15) is 41.2 Å². The number of carbonyl (C=O) groups excluding carboxylic acids is 2. The summed E-state index contributed by atoms with van der Waals surface area (Å²) in [5, 5.41) is 0. The second kappa shape index (κ2) is 10.0. The lowest BCUT2D eigenvalue weighted by Gasteiger charge is -2.33. The summed E-state index contributed by atoms with van der Waals surface area (Å²) >= 11 is 0. The quantitative estimate of drug-likeness (QED) is 0.619. The summed E-state index contributed by atoms with van der Waals surface area (Å²) in [4.78, 5) is 35.4. The summed E-state index contributed by atoms with van der Waals surface area (Å²) in [6, 6.07) is 16.6. The molecule has 0 aliphatic carbocycles. The predicted octanol–water partition coefficient (Wildman–Crippen LogP) is 3.42. The molecule has 2 amide bonds. The van der Waals surface area contributed by atoms with Crippen LogP contribution < -0.4 is 10.5 Å². The summed E-state index contributed by atoms with van der Waals surface area (Å²) < 4.78 is 5.68. The van der Waals surface area contributed by atoms with Gasteiger partial charge in [0, 0.05) is 42.5 Å². The van der Waals surface area contributed by atoms with Gasteiger partial charge in [-0.15, -0.1) is 0 Å². The van der Waals surface area contributed by atoms with E-state index in [-0.39, 0.29) is 11.8 Å². The lowest BCUT2D eigenvalue weighted by atomic mass is 9.91. The van der Waals surface area contributed by atoms with E-state index in [1.165, 1.54) is 0 Å². The van der Waals surface area contributed by atoms with Crippen molar-refractivity contribution in [3.05, 3.63) is 78.2 Å². The molecule has 1 atom stereocenters. The second-order valence-electron chi connectivity index (χ2n) is 7.83. The summed E-state index contributed by atoms with van der Waals surface area (Å²) in [5.74, 6) is 0.430. The van der Waals surface area contributed by atoms with Gasteiger partial charge >= 0.3 is 0 Å². The van der Waals surface area contributed by atoms with Crippen LogP contribution >= 0.6 is 0 Å². The zero-order chi connectivity index (χ0) is 22.3. The van der Waals surface area contributed by atoms with Gasteiger partial charge < -0.3 is 15.4 Å². The van der Waals surface area contributed by atoms with Crippen LogP contribution in [-0.4, -0.2) is 46.4 Å². The topological polar surface area (TPSA) is 98.4 Å². The molecule has 2 aromatic carbocycles. The summed E-state index contributed by atoms with van der Waals surface area (Å²) in [7, 11) is 0. The Kier molecular flexibility index (Phi) is 6.75. The number of piperidine rings is 1. The van der Waals surface area contributed by atoms with Crippen molar-refractivity contribution in [1.82, 2.24) is 14.9 Å². The van der Waals surface area contributed by atoms with Gasteiger partial charge in [-0.05, 0) is 37.1 Å². The van der Waals surface area contributed by atoms with E-state index in [1.807, 2.05) is 41.3 Å². The normalized spacial score (nSPS) is 15.9. The molecule has 0 bridgehead atoms. The van der Waals surface area contributed by atoms with Crippen LogP contribution in [0, 0.1) is 0 Å². The summed E-state index contributed by atoms with van der Waals surface area (Å²) in [6.45, 7) is 1.67. The van der Waals surface area contributed by atoms with Crippen molar-refractivity contribution in [3.8, 4) is 17.0 Å². The maximum absolute atomic E-state index is 12.8. The third-order valence-corrected chi connectivity index (χ3v) is 5.64. The highest BCUT2D eigenvalue weighted by Gasteiger charge is 2.28. The molecule has 7 nitrogen and oxygen atoms in total. The van der Waals surface area contributed by atoms with Gasteiger partial charge in [-0.3, -0.25) is 19.6 Å². The van der Waals surface area contributed by atoms with Crippen LogP contribution in [0.15, 0.2) is 67.0 Å². The van der Waals surface area contributed by atoms with Crippen LogP contribution in [0.3, 0.4) is 0 Å². The largest absolute Gasteiger partial charge is 0.493 e. The molecule has 1 unspecified atom stereocenters. The first-order valence-electron chi connectivity index (χ1n) is 10.8. The molecule has 4 rings (SSSR count). The fraction of sp³-hybridized carbons (Fsp3) is 0.280. The summed E-state index contributed by atoms with van der Waals surface area (Å²) in [5.41, 5.74) is 8.23. The number of aromatic nitrogens is 2. The predicted molar refractivity (Wildman–Crippen MR) is 121 cm³/mol. The first kappa shape index (κ1) is 21.5. The smallest absolute Gasteiger partial charge is 0.248 e. The Morgan fingerprint density at radius 1 is 1.06 bits per heavy atom. The monoisotopic (exact) mass is 430 g/mol. The molecule has 2 N–H and O–H groups in total. The van der Waals surface area contributed by atoms with E-state index in [0.29, 0.717) is 25.1 Å². The highest BCUT2D eigenvalue weighted by Crippen LogP contribution is 2.32. The SMILES string of the molecule is NC(=O)c1cccc(-c2nccnc2C2CCCN(C(=O)CCOc3ccccc3)C2)c1. The maximum atomic E-state index is 12.8. The average molecular weight is 431 g/mol. The van der Waals surface area contributed by atoms with Crippen molar-refractivity contribution in [2.24, 2.45) is 5.73 Å². The number of likely N-dealkylation sites (tertiary alicyclic amines) is 1. The zero-order valence-electron chi connectivity index (χ0n) is 17.8. The fourth-order valence-corrected chi connectivity index (χ4v) is 4.05. The third-order valence-electron chi connectivity index (χ3n) is 5.64. The minimum atomic E-state index is -0.482. The van der Waals surface area contributed by atoms with E-state index < -0.39 is 5.91 Å². The van der Waals surface area contributed by atoms with Crippen molar-refractivity contribution < 1.29 is 14.3 Å². The third kappa shape index (κ3) is 5.11. The Morgan fingerprint density at radius 3 is 2.69 bits per heavy atom. The number of ether oxygens (including phenoxy) is 1. The molecule has 32 heavy (non-hydrogen) atoms. The minimum absolute atomic E-state index is 0.0728. The van der Waals surface area contributed by atoms with Crippen molar-refractivity contribution in [2.75, 3.05) is 19.7 Å². The van der Waals surface area contributed by atoms with Gasteiger partial charge in [0.15, 0.2) is 0 Å². The average Bonchev–Trinajstić information content (AvgIpc) is 2.85. The van der Waals surface area contributed by atoms with Crippen LogP contribution in [0.4, 0.5) is 0 Å². The lowest BCUT2D eigenvalue weighted by Crippen LogP contribution is -2.40. The molecule has 1 saturated heterocycles. The van der Waals surface area contributed by atoms with Gasteiger partial charge in [-0.25, -0.2) is 0 Å². The van der Waals surface area contributed by atoms with Crippen molar-refractivity contribution in [2.45, 2.75) is 25.2 Å². The Bertz CT molecular complexity index is 1090. The number of primary amides is 1.